The zero-order chi connectivity index (χ0) is 11.4. The molecule has 2 rings (SSSR count). The fourth-order valence-corrected chi connectivity index (χ4v) is 1.39. The number of nitrogen functional groups attached to an aromatic ring is 1. The third-order valence-electron chi connectivity index (χ3n) is 2.15. The number of nitrogens with one attached hydrogen (secondary N) is 1. The third-order valence-corrected chi connectivity index (χ3v) is 2.15. The fourth-order valence-electron chi connectivity index (χ4n) is 1.39. The van der Waals surface area contributed by atoms with Crippen LogP contribution in [0.1, 0.15) is 5.56 Å². The zero-order valence-electron chi connectivity index (χ0n) is 8.68. The van der Waals surface area contributed by atoms with E-state index >= 15 is 0 Å². The van der Waals surface area contributed by atoms with Crippen molar-refractivity contribution >= 4 is 5.84 Å². The summed E-state index contributed by atoms with van der Waals surface area (Å²) < 4.78 is 5.65. The lowest BCUT2D eigenvalue weighted by Gasteiger charge is -2.09. The van der Waals surface area contributed by atoms with Gasteiger partial charge in [-0.2, -0.15) is 0 Å². The Hall–Kier alpha value is -2.29. The van der Waals surface area contributed by atoms with E-state index in [1.807, 2.05) is 42.5 Å². The first-order valence-corrected chi connectivity index (χ1v) is 4.93. The van der Waals surface area contributed by atoms with Crippen molar-refractivity contribution in [1.29, 1.82) is 5.41 Å². The highest BCUT2D eigenvalue weighted by molar-refractivity contribution is 5.97. The molecule has 0 amide bonds. The predicted molar refractivity (Wildman–Crippen MR) is 64.0 cm³/mol. The molecule has 0 aliphatic heterocycles. The summed E-state index contributed by atoms with van der Waals surface area (Å²) in [6, 6.07) is 16.7. The second kappa shape index (κ2) is 4.49. The zero-order valence-corrected chi connectivity index (χ0v) is 8.68. The van der Waals surface area contributed by atoms with Crippen molar-refractivity contribution in [3.05, 3.63) is 60.2 Å². The van der Waals surface area contributed by atoms with Crippen molar-refractivity contribution in [3.63, 3.8) is 0 Å². The van der Waals surface area contributed by atoms with Crippen LogP contribution in [-0.4, -0.2) is 5.84 Å². The van der Waals surface area contributed by atoms with Gasteiger partial charge in [0.05, 0.1) is 5.56 Å². The van der Waals surface area contributed by atoms with Crippen LogP contribution in [0.3, 0.4) is 0 Å². The molecule has 3 heteroatoms. The molecule has 80 valence electrons. The van der Waals surface area contributed by atoms with E-state index in [1.54, 1.807) is 12.1 Å². The molecule has 3 nitrogen and oxygen atoms in total. The third kappa shape index (κ3) is 2.20. The molecule has 0 saturated heterocycles. The van der Waals surface area contributed by atoms with Gasteiger partial charge >= 0.3 is 0 Å². The normalized spacial score (nSPS) is 9.75. The first kappa shape index (κ1) is 10.2. The van der Waals surface area contributed by atoms with Crippen LogP contribution in [0.5, 0.6) is 11.5 Å². The molecule has 0 spiro atoms. The number of ether oxygens (including phenoxy) is 1. The topological polar surface area (TPSA) is 59.1 Å². The summed E-state index contributed by atoms with van der Waals surface area (Å²) in [4.78, 5) is 0. The number of benzene rings is 2. The van der Waals surface area contributed by atoms with Crippen LogP contribution in [0.2, 0.25) is 0 Å². The molecule has 0 unspecified atom stereocenters. The summed E-state index contributed by atoms with van der Waals surface area (Å²) in [5.41, 5.74) is 6.07. The van der Waals surface area contributed by atoms with Gasteiger partial charge in [0.1, 0.15) is 17.3 Å². The van der Waals surface area contributed by atoms with Crippen LogP contribution in [-0.2, 0) is 0 Å². The largest absolute Gasteiger partial charge is 0.457 e. The first-order chi connectivity index (χ1) is 7.77. The number of para-hydroxylation sites is 2. The molecular formula is C13H12N2O. The van der Waals surface area contributed by atoms with E-state index < -0.39 is 0 Å². The molecule has 3 N–H and O–H groups in total. The first-order valence-electron chi connectivity index (χ1n) is 4.93. The van der Waals surface area contributed by atoms with Crippen LogP contribution in [0.25, 0.3) is 0 Å². The van der Waals surface area contributed by atoms with Gasteiger partial charge in [0, 0.05) is 0 Å². The molecule has 0 saturated carbocycles. The quantitative estimate of drug-likeness (QED) is 0.607. The Morgan fingerprint density at radius 2 is 1.56 bits per heavy atom. The summed E-state index contributed by atoms with van der Waals surface area (Å²) in [6.07, 6.45) is 0. The van der Waals surface area contributed by atoms with E-state index in [0.717, 1.165) is 5.75 Å². The Balaban J connectivity index is 2.31. The Bertz CT molecular complexity index is 494. The lowest BCUT2D eigenvalue weighted by atomic mass is 10.2. The average Bonchev–Trinajstić information content (AvgIpc) is 2.31. The number of amidine groups is 1. The van der Waals surface area contributed by atoms with Crippen LogP contribution in [0.4, 0.5) is 0 Å². The average molecular weight is 212 g/mol. The molecule has 0 aliphatic rings. The van der Waals surface area contributed by atoms with Gasteiger partial charge in [-0.3, -0.25) is 5.41 Å². The highest BCUT2D eigenvalue weighted by Crippen LogP contribution is 2.24. The van der Waals surface area contributed by atoms with Gasteiger partial charge in [0.2, 0.25) is 0 Å². The molecule has 2 aromatic rings. The molecule has 2 aromatic carbocycles. The molecule has 0 atom stereocenters. The van der Waals surface area contributed by atoms with Crippen molar-refractivity contribution in [3.8, 4) is 11.5 Å². The minimum absolute atomic E-state index is 0.00605. The summed E-state index contributed by atoms with van der Waals surface area (Å²) in [6.45, 7) is 0. The summed E-state index contributed by atoms with van der Waals surface area (Å²) >= 11 is 0. The van der Waals surface area contributed by atoms with Crippen LogP contribution in [0, 0.1) is 5.41 Å². The molecule has 16 heavy (non-hydrogen) atoms. The van der Waals surface area contributed by atoms with E-state index in [1.165, 1.54) is 0 Å². The molecule has 0 fully saturated rings. The van der Waals surface area contributed by atoms with Crippen LogP contribution in [0.15, 0.2) is 54.6 Å². The predicted octanol–water partition coefficient (Wildman–Crippen LogP) is 2.76. The van der Waals surface area contributed by atoms with Gasteiger partial charge in [0.25, 0.3) is 0 Å². The minimum atomic E-state index is 0.00605. The van der Waals surface area contributed by atoms with E-state index in [0.29, 0.717) is 11.3 Å². The van der Waals surface area contributed by atoms with Crippen molar-refractivity contribution in [2.45, 2.75) is 0 Å². The number of hydrogen-bond donors (Lipinski definition) is 2. The van der Waals surface area contributed by atoms with E-state index in [9.17, 15) is 0 Å². The van der Waals surface area contributed by atoms with Gasteiger partial charge in [-0.1, -0.05) is 30.3 Å². The van der Waals surface area contributed by atoms with E-state index in [4.69, 9.17) is 15.9 Å². The van der Waals surface area contributed by atoms with Crippen LogP contribution < -0.4 is 10.5 Å². The lowest BCUT2D eigenvalue weighted by molar-refractivity contribution is 0.481. The Kier molecular flexibility index (Phi) is 2.87. The Morgan fingerprint density at radius 3 is 2.25 bits per heavy atom. The SMILES string of the molecule is N=C(N)c1ccccc1Oc1ccccc1. The number of hydrogen-bond acceptors (Lipinski definition) is 2. The van der Waals surface area contributed by atoms with Gasteiger partial charge in [0.15, 0.2) is 0 Å². The van der Waals surface area contributed by atoms with E-state index in [2.05, 4.69) is 0 Å². The summed E-state index contributed by atoms with van der Waals surface area (Å²) in [5.74, 6) is 1.34. The van der Waals surface area contributed by atoms with Gasteiger partial charge < -0.3 is 10.5 Å². The minimum Gasteiger partial charge on any atom is -0.457 e. The summed E-state index contributed by atoms with van der Waals surface area (Å²) in [7, 11) is 0. The molecule has 0 aliphatic carbocycles. The van der Waals surface area contributed by atoms with Crippen molar-refractivity contribution in [1.82, 2.24) is 0 Å². The van der Waals surface area contributed by atoms with Crippen molar-refractivity contribution < 1.29 is 4.74 Å². The van der Waals surface area contributed by atoms with Crippen molar-refractivity contribution in [2.24, 2.45) is 5.73 Å². The number of nitrogens with two attached hydrogens (primary N) is 1. The van der Waals surface area contributed by atoms with Crippen molar-refractivity contribution in [2.75, 3.05) is 0 Å². The molecule has 0 bridgehead atoms. The fraction of sp³-hybridized carbons (Fsp3) is 0. The molecule has 0 radical (unpaired) electrons. The Labute approximate surface area is 94.0 Å². The Morgan fingerprint density at radius 1 is 0.938 bits per heavy atom. The highest BCUT2D eigenvalue weighted by atomic mass is 16.5. The monoisotopic (exact) mass is 212 g/mol. The maximum absolute atomic E-state index is 7.44. The number of rotatable bonds is 3. The standard InChI is InChI=1S/C13H12N2O/c14-13(15)11-8-4-5-9-12(11)16-10-6-2-1-3-7-10/h1-9H,(H3,14,15). The molecular weight excluding hydrogens is 200 g/mol. The second-order valence-electron chi connectivity index (χ2n) is 3.32. The van der Waals surface area contributed by atoms with Gasteiger partial charge in [-0.15, -0.1) is 0 Å². The molecule has 0 heterocycles. The van der Waals surface area contributed by atoms with E-state index in [-0.39, 0.29) is 5.84 Å². The van der Waals surface area contributed by atoms with Gasteiger partial charge in [-0.25, -0.2) is 0 Å². The molecule has 0 aromatic heterocycles. The smallest absolute Gasteiger partial charge is 0.138 e. The highest BCUT2D eigenvalue weighted by Gasteiger charge is 2.05. The second-order valence-corrected chi connectivity index (χ2v) is 3.32. The maximum Gasteiger partial charge on any atom is 0.138 e. The van der Waals surface area contributed by atoms with Gasteiger partial charge in [-0.05, 0) is 24.3 Å². The maximum atomic E-state index is 7.44. The van der Waals surface area contributed by atoms with Crippen LogP contribution >= 0.6 is 0 Å². The summed E-state index contributed by atoms with van der Waals surface area (Å²) in [5, 5.41) is 7.44. The lowest BCUT2D eigenvalue weighted by Crippen LogP contribution is -2.12.